The Hall–Kier alpha value is -3.53. The molecule has 1 N–H and O–H groups in total. The number of nitrogens with one attached hydrogen (secondary N) is 1. The van der Waals surface area contributed by atoms with Crippen LogP contribution in [-0.2, 0) is 0 Å². The van der Waals surface area contributed by atoms with E-state index in [1.165, 1.54) is 16.2 Å². The van der Waals surface area contributed by atoms with Gasteiger partial charge in [-0.05, 0) is 29.8 Å². The molecule has 28 heavy (non-hydrogen) atoms. The van der Waals surface area contributed by atoms with E-state index in [9.17, 15) is 0 Å². The first-order chi connectivity index (χ1) is 13.7. The molecule has 1 heterocycles. The molecule has 4 heteroatoms. The second-order valence-corrected chi connectivity index (χ2v) is 6.87. The Bertz CT molecular complexity index is 1280. The first-order valence-corrected chi connectivity index (χ1v) is 9.24. The summed E-state index contributed by atoms with van der Waals surface area (Å²) in [4.78, 5) is 8.54. The van der Waals surface area contributed by atoms with Crippen molar-refractivity contribution < 1.29 is 9.47 Å². The van der Waals surface area contributed by atoms with Gasteiger partial charge >= 0.3 is 0 Å². The third-order valence-corrected chi connectivity index (χ3v) is 5.41. The first-order valence-electron chi connectivity index (χ1n) is 9.24. The Morgan fingerprint density at radius 1 is 0.750 bits per heavy atom. The fourth-order valence-electron chi connectivity index (χ4n) is 4.10. The topological polar surface area (TPSA) is 47.1 Å². The van der Waals surface area contributed by atoms with E-state index in [0.29, 0.717) is 0 Å². The van der Waals surface area contributed by atoms with Crippen LogP contribution in [0.2, 0.25) is 0 Å². The van der Waals surface area contributed by atoms with E-state index in [-0.39, 0.29) is 0 Å². The van der Waals surface area contributed by atoms with Crippen molar-refractivity contribution in [3.8, 4) is 22.9 Å². The van der Waals surface area contributed by atoms with Crippen LogP contribution in [0.15, 0.2) is 60.7 Å². The van der Waals surface area contributed by atoms with Crippen molar-refractivity contribution in [1.29, 1.82) is 0 Å². The van der Waals surface area contributed by atoms with Gasteiger partial charge in [0.05, 0.1) is 30.8 Å². The molecule has 1 aromatic heterocycles. The number of benzene rings is 4. The first kappa shape index (κ1) is 16.6. The summed E-state index contributed by atoms with van der Waals surface area (Å²) in [5, 5.41) is 4.74. The zero-order chi connectivity index (χ0) is 19.3. The Kier molecular flexibility index (Phi) is 3.72. The summed E-state index contributed by atoms with van der Waals surface area (Å²) in [6.45, 7) is 1.99. The number of hydrogen-bond donors (Lipinski definition) is 1. The third-order valence-electron chi connectivity index (χ3n) is 5.41. The summed E-state index contributed by atoms with van der Waals surface area (Å²) in [6.07, 6.45) is 0. The van der Waals surface area contributed by atoms with Gasteiger partial charge in [-0.2, -0.15) is 0 Å². The number of rotatable bonds is 3. The van der Waals surface area contributed by atoms with Gasteiger partial charge in [0.2, 0.25) is 0 Å². The maximum atomic E-state index is 5.70. The Morgan fingerprint density at radius 3 is 2.07 bits per heavy atom. The van der Waals surface area contributed by atoms with Crippen molar-refractivity contribution in [1.82, 2.24) is 9.97 Å². The lowest BCUT2D eigenvalue weighted by atomic mass is 10.0. The van der Waals surface area contributed by atoms with Crippen LogP contribution in [0.5, 0.6) is 11.5 Å². The van der Waals surface area contributed by atoms with E-state index in [2.05, 4.69) is 53.5 Å². The lowest BCUT2D eigenvalue weighted by molar-refractivity contribution is 0.389. The van der Waals surface area contributed by atoms with Crippen molar-refractivity contribution in [2.75, 3.05) is 14.2 Å². The van der Waals surface area contributed by atoms with Crippen LogP contribution >= 0.6 is 0 Å². The molecule has 0 atom stereocenters. The Balaban J connectivity index is 1.88. The molecule has 0 radical (unpaired) electrons. The number of aromatic nitrogens is 2. The molecule has 0 aliphatic rings. The molecule has 4 aromatic carbocycles. The Morgan fingerprint density at radius 2 is 1.39 bits per heavy atom. The summed E-state index contributed by atoms with van der Waals surface area (Å²) in [5.41, 5.74) is 3.89. The number of aromatic amines is 1. The molecule has 4 nitrogen and oxygen atoms in total. The summed E-state index contributed by atoms with van der Waals surface area (Å²) in [7, 11) is 3.35. The second kappa shape index (κ2) is 6.27. The van der Waals surface area contributed by atoms with E-state index in [0.717, 1.165) is 44.9 Å². The highest BCUT2D eigenvalue weighted by Gasteiger charge is 2.18. The third kappa shape index (κ3) is 2.28. The molecule has 138 valence electrons. The van der Waals surface area contributed by atoms with Crippen molar-refractivity contribution in [3.05, 3.63) is 66.2 Å². The van der Waals surface area contributed by atoms with Gasteiger partial charge in [-0.15, -0.1) is 0 Å². The van der Waals surface area contributed by atoms with E-state index in [4.69, 9.17) is 14.5 Å². The maximum Gasteiger partial charge on any atom is 0.142 e. The van der Waals surface area contributed by atoms with Gasteiger partial charge in [-0.25, -0.2) is 4.98 Å². The fourth-order valence-corrected chi connectivity index (χ4v) is 4.10. The summed E-state index contributed by atoms with van der Waals surface area (Å²) < 4.78 is 11.1. The SMILES string of the molecule is COc1ccc(-c2nc3c4ccccc4c4ccccc4c3[nH]2)c(OC)c1C. The van der Waals surface area contributed by atoms with Crippen molar-refractivity contribution in [3.63, 3.8) is 0 Å². The van der Waals surface area contributed by atoms with Crippen molar-refractivity contribution in [2.45, 2.75) is 6.92 Å². The zero-order valence-electron chi connectivity index (χ0n) is 16.0. The van der Waals surface area contributed by atoms with Crippen LogP contribution in [0.25, 0.3) is 44.0 Å². The molecule has 0 saturated carbocycles. The monoisotopic (exact) mass is 368 g/mol. The highest BCUT2D eigenvalue weighted by atomic mass is 16.5. The number of fused-ring (bicyclic) bond motifs is 6. The van der Waals surface area contributed by atoms with Gasteiger partial charge in [-0.3, -0.25) is 0 Å². The molecule has 0 unspecified atom stereocenters. The average molecular weight is 368 g/mol. The number of methoxy groups -OCH3 is 2. The van der Waals surface area contributed by atoms with Crippen LogP contribution in [-0.4, -0.2) is 24.2 Å². The van der Waals surface area contributed by atoms with E-state index in [1.54, 1.807) is 14.2 Å². The molecule has 0 aliphatic carbocycles. The molecule has 5 rings (SSSR count). The minimum absolute atomic E-state index is 0.770. The predicted octanol–water partition coefficient (Wildman–Crippen LogP) is 5.86. The van der Waals surface area contributed by atoms with Gasteiger partial charge < -0.3 is 14.5 Å². The van der Waals surface area contributed by atoms with E-state index >= 15 is 0 Å². The van der Waals surface area contributed by atoms with Crippen LogP contribution in [0.4, 0.5) is 0 Å². The average Bonchev–Trinajstić information content (AvgIpc) is 3.19. The number of ether oxygens (including phenoxy) is 2. The predicted molar refractivity (Wildman–Crippen MR) is 114 cm³/mol. The number of hydrogen-bond acceptors (Lipinski definition) is 3. The molecule has 0 spiro atoms. The number of H-pyrrole nitrogens is 1. The Labute approximate surface area is 162 Å². The molecule has 0 saturated heterocycles. The van der Waals surface area contributed by atoms with Gasteiger partial charge in [0, 0.05) is 16.3 Å². The molecule has 0 amide bonds. The summed E-state index contributed by atoms with van der Waals surface area (Å²) in [5.74, 6) is 2.36. The number of nitrogens with zero attached hydrogens (tertiary/aromatic N) is 1. The van der Waals surface area contributed by atoms with E-state index < -0.39 is 0 Å². The van der Waals surface area contributed by atoms with E-state index in [1.807, 2.05) is 19.1 Å². The zero-order valence-corrected chi connectivity index (χ0v) is 16.0. The van der Waals surface area contributed by atoms with Gasteiger partial charge in [-0.1, -0.05) is 48.5 Å². The molecule has 0 fully saturated rings. The fraction of sp³-hybridized carbons (Fsp3) is 0.125. The van der Waals surface area contributed by atoms with Gasteiger partial charge in [0.15, 0.2) is 0 Å². The normalized spacial score (nSPS) is 11.4. The maximum absolute atomic E-state index is 5.70. The molecule has 0 bridgehead atoms. The highest BCUT2D eigenvalue weighted by molar-refractivity contribution is 6.23. The summed E-state index contributed by atoms with van der Waals surface area (Å²) in [6, 6.07) is 20.8. The quantitative estimate of drug-likeness (QED) is 0.406. The van der Waals surface area contributed by atoms with Crippen LogP contribution < -0.4 is 9.47 Å². The van der Waals surface area contributed by atoms with Crippen LogP contribution in [0.3, 0.4) is 0 Å². The molecular formula is C24H20N2O2. The smallest absolute Gasteiger partial charge is 0.142 e. The number of imidazole rings is 1. The van der Waals surface area contributed by atoms with Crippen LogP contribution in [0, 0.1) is 6.92 Å². The van der Waals surface area contributed by atoms with Crippen molar-refractivity contribution >= 4 is 32.6 Å². The largest absolute Gasteiger partial charge is 0.496 e. The van der Waals surface area contributed by atoms with Gasteiger partial charge in [0.1, 0.15) is 17.3 Å². The standard InChI is InChI=1S/C24H20N2O2/c1-14-20(27-2)13-12-19(23(14)28-3)24-25-21-17-10-6-4-8-15(17)16-9-5-7-11-18(16)22(21)26-24/h4-13H,1-3H3,(H,25,26). The van der Waals surface area contributed by atoms with Gasteiger partial charge in [0.25, 0.3) is 0 Å². The minimum atomic E-state index is 0.770. The molecule has 5 aromatic rings. The van der Waals surface area contributed by atoms with Crippen LogP contribution in [0.1, 0.15) is 5.56 Å². The summed E-state index contributed by atoms with van der Waals surface area (Å²) >= 11 is 0. The van der Waals surface area contributed by atoms with Crippen molar-refractivity contribution in [2.24, 2.45) is 0 Å². The molecular weight excluding hydrogens is 348 g/mol. The highest BCUT2D eigenvalue weighted by Crippen LogP contribution is 2.39. The minimum Gasteiger partial charge on any atom is -0.496 e. The lowest BCUT2D eigenvalue weighted by Gasteiger charge is -2.13. The molecule has 0 aliphatic heterocycles. The lowest BCUT2D eigenvalue weighted by Crippen LogP contribution is -1.95. The second-order valence-electron chi connectivity index (χ2n) is 6.87.